The molecule has 0 radical (unpaired) electrons. The molecule has 0 fully saturated rings. The van der Waals surface area contributed by atoms with Gasteiger partial charge in [0, 0.05) is 19.8 Å². The maximum Gasteiger partial charge on any atom is 0.128 e. The first-order valence-corrected chi connectivity index (χ1v) is 7.82. The molecule has 0 aliphatic heterocycles. The molecule has 5 heteroatoms. The molecular weight excluding hydrogens is 338 g/mol. The quantitative estimate of drug-likeness (QED) is 0.521. The van der Waals surface area contributed by atoms with E-state index in [1.165, 1.54) is 15.5 Å². The third-order valence-electron chi connectivity index (χ3n) is 2.64. The van der Waals surface area contributed by atoms with E-state index in [9.17, 15) is 8.78 Å². The maximum atomic E-state index is 13.7. The van der Waals surface area contributed by atoms with Crippen molar-refractivity contribution in [2.24, 2.45) is 0 Å². The zero-order valence-electron chi connectivity index (χ0n) is 8.99. The third kappa shape index (κ3) is 2.11. The number of thiophene rings is 2. The molecule has 92 valence electrons. The van der Waals surface area contributed by atoms with Crippen LogP contribution in [0.3, 0.4) is 0 Å². The van der Waals surface area contributed by atoms with E-state index in [4.69, 9.17) is 0 Å². The lowest BCUT2D eigenvalue weighted by Crippen LogP contribution is -1.95. The summed E-state index contributed by atoms with van der Waals surface area (Å²) in [4.78, 5) is 0.680. The molecule has 1 unspecified atom stereocenters. The molecular formula is C13H7BrF2S2. The Labute approximate surface area is 119 Å². The van der Waals surface area contributed by atoms with Gasteiger partial charge >= 0.3 is 0 Å². The summed E-state index contributed by atoms with van der Waals surface area (Å²) >= 11 is 6.70. The van der Waals surface area contributed by atoms with Gasteiger partial charge in [0.1, 0.15) is 11.6 Å². The van der Waals surface area contributed by atoms with Crippen LogP contribution >= 0.6 is 38.6 Å². The average Bonchev–Trinajstić information content (AvgIpc) is 2.91. The smallest absolute Gasteiger partial charge is 0.128 e. The van der Waals surface area contributed by atoms with E-state index < -0.39 is 11.6 Å². The standard InChI is InChI=1S/C13H7BrF2S2/c14-13(8-5-7(15)1-2-9(8)16)12-6-11-10(18-12)3-4-17-11/h1-6,13H. The minimum absolute atomic E-state index is 0.308. The van der Waals surface area contributed by atoms with Gasteiger partial charge in [-0.2, -0.15) is 0 Å². The lowest BCUT2D eigenvalue weighted by molar-refractivity contribution is 0.588. The number of hydrogen-bond acceptors (Lipinski definition) is 2. The molecule has 1 atom stereocenters. The van der Waals surface area contributed by atoms with Gasteiger partial charge in [0.25, 0.3) is 0 Å². The van der Waals surface area contributed by atoms with Crippen LogP contribution in [-0.2, 0) is 0 Å². The molecule has 18 heavy (non-hydrogen) atoms. The Morgan fingerprint density at radius 1 is 1.06 bits per heavy atom. The first-order valence-electron chi connectivity index (χ1n) is 5.21. The number of halogens is 3. The Balaban J connectivity index is 2.05. The first-order chi connectivity index (χ1) is 8.65. The normalized spacial score (nSPS) is 13.1. The van der Waals surface area contributed by atoms with Gasteiger partial charge in [0.15, 0.2) is 0 Å². The van der Waals surface area contributed by atoms with E-state index in [0.29, 0.717) is 5.56 Å². The summed E-state index contributed by atoms with van der Waals surface area (Å²) in [7, 11) is 0. The lowest BCUT2D eigenvalue weighted by atomic mass is 10.1. The number of fused-ring (bicyclic) bond motifs is 1. The van der Waals surface area contributed by atoms with Gasteiger partial charge in [-0.25, -0.2) is 8.78 Å². The average molecular weight is 345 g/mol. The minimum atomic E-state index is -0.422. The van der Waals surface area contributed by atoms with Gasteiger partial charge < -0.3 is 0 Å². The molecule has 3 aromatic rings. The van der Waals surface area contributed by atoms with Crippen molar-refractivity contribution in [1.29, 1.82) is 0 Å². The van der Waals surface area contributed by atoms with Crippen LogP contribution in [0.5, 0.6) is 0 Å². The van der Waals surface area contributed by atoms with Crippen LogP contribution in [0.15, 0.2) is 35.7 Å². The summed E-state index contributed by atoms with van der Waals surface area (Å²) in [6.45, 7) is 0. The summed E-state index contributed by atoms with van der Waals surface area (Å²) in [5, 5.41) is 2.02. The second-order valence-corrected chi connectivity index (χ2v) is 6.80. The van der Waals surface area contributed by atoms with Crippen molar-refractivity contribution in [1.82, 2.24) is 0 Å². The van der Waals surface area contributed by atoms with Crippen LogP contribution in [0.25, 0.3) is 9.40 Å². The van der Waals surface area contributed by atoms with Crippen molar-refractivity contribution in [3.05, 3.63) is 57.8 Å². The van der Waals surface area contributed by atoms with E-state index in [2.05, 4.69) is 15.9 Å². The molecule has 0 aliphatic carbocycles. The highest BCUT2D eigenvalue weighted by Crippen LogP contribution is 2.40. The van der Waals surface area contributed by atoms with Gasteiger partial charge in [0.2, 0.25) is 0 Å². The van der Waals surface area contributed by atoms with Gasteiger partial charge in [-0.15, -0.1) is 22.7 Å². The van der Waals surface area contributed by atoms with Crippen LogP contribution < -0.4 is 0 Å². The van der Waals surface area contributed by atoms with E-state index in [1.807, 2.05) is 17.5 Å². The first kappa shape index (κ1) is 12.3. The highest BCUT2D eigenvalue weighted by atomic mass is 79.9. The maximum absolute atomic E-state index is 13.7. The van der Waals surface area contributed by atoms with Crippen molar-refractivity contribution in [2.45, 2.75) is 4.83 Å². The third-order valence-corrected chi connectivity index (χ3v) is 6.09. The molecule has 0 spiro atoms. The van der Waals surface area contributed by atoms with Crippen LogP contribution in [-0.4, -0.2) is 0 Å². The Hall–Kier alpha value is -0.780. The van der Waals surface area contributed by atoms with Crippen LogP contribution in [0.2, 0.25) is 0 Å². The Morgan fingerprint density at radius 2 is 1.89 bits per heavy atom. The van der Waals surface area contributed by atoms with Gasteiger partial charge in [-0.05, 0) is 35.7 Å². The van der Waals surface area contributed by atoms with Crippen molar-refractivity contribution < 1.29 is 8.78 Å². The van der Waals surface area contributed by atoms with E-state index >= 15 is 0 Å². The monoisotopic (exact) mass is 344 g/mol. The molecule has 1 aromatic carbocycles. The fourth-order valence-corrected chi connectivity index (χ4v) is 4.65. The van der Waals surface area contributed by atoms with E-state index in [0.717, 1.165) is 17.0 Å². The Morgan fingerprint density at radius 3 is 2.67 bits per heavy atom. The number of rotatable bonds is 2. The lowest BCUT2D eigenvalue weighted by Gasteiger charge is -2.09. The van der Waals surface area contributed by atoms with Crippen LogP contribution in [0.4, 0.5) is 8.78 Å². The number of hydrogen-bond donors (Lipinski definition) is 0. The molecule has 2 aromatic heterocycles. The van der Waals surface area contributed by atoms with Gasteiger partial charge in [0.05, 0.1) is 4.83 Å². The summed E-state index contributed by atoms with van der Waals surface area (Å²) in [6.07, 6.45) is 0. The summed E-state index contributed by atoms with van der Waals surface area (Å²) in [6, 6.07) is 7.59. The predicted molar refractivity (Wildman–Crippen MR) is 76.8 cm³/mol. The van der Waals surface area contributed by atoms with E-state index in [1.54, 1.807) is 22.7 Å². The fourth-order valence-electron chi connectivity index (χ4n) is 1.77. The van der Waals surface area contributed by atoms with Crippen molar-refractivity contribution >= 4 is 48.0 Å². The zero-order valence-corrected chi connectivity index (χ0v) is 12.2. The molecule has 0 nitrogen and oxygen atoms in total. The summed E-state index contributed by atoms with van der Waals surface area (Å²) < 4.78 is 29.2. The molecule has 0 saturated heterocycles. The molecule has 0 amide bonds. The SMILES string of the molecule is Fc1ccc(F)c(C(Br)c2cc3sccc3s2)c1. The fraction of sp³-hybridized carbons (Fsp3) is 0.0769. The number of benzene rings is 1. The highest BCUT2D eigenvalue weighted by Gasteiger charge is 2.18. The van der Waals surface area contributed by atoms with Crippen molar-refractivity contribution in [2.75, 3.05) is 0 Å². The van der Waals surface area contributed by atoms with Gasteiger partial charge in [-0.1, -0.05) is 15.9 Å². The van der Waals surface area contributed by atoms with Crippen LogP contribution in [0.1, 0.15) is 15.3 Å². The predicted octanol–water partition coefficient (Wildman–Crippen LogP) is 5.73. The largest absolute Gasteiger partial charge is 0.207 e. The molecule has 0 bridgehead atoms. The van der Waals surface area contributed by atoms with Crippen LogP contribution in [0, 0.1) is 11.6 Å². The minimum Gasteiger partial charge on any atom is -0.207 e. The summed E-state index contributed by atoms with van der Waals surface area (Å²) in [5.74, 6) is -0.816. The number of alkyl halides is 1. The topological polar surface area (TPSA) is 0 Å². The van der Waals surface area contributed by atoms with Crippen molar-refractivity contribution in [3.8, 4) is 0 Å². The highest BCUT2D eigenvalue weighted by molar-refractivity contribution is 9.09. The Bertz CT molecular complexity index is 673. The van der Waals surface area contributed by atoms with Gasteiger partial charge in [-0.3, -0.25) is 0 Å². The van der Waals surface area contributed by atoms with E-state index in [-0.39, 0.29) is 4.83 Å². The second kappa shape index (κ2) is 4.72. The molecule has 0 N–H and O–H groups in total. The van der Waals surface area contributed by atoms with Crippen molar-refractivity contribution in [3.63, 3.8) is 0 Å². The molecule has 2 heterocycles. The second-order valence-electron chi connectivity index (χ2n) is 3.83. The molecule has 0 saturated carbocycles. The molecule has 0 aliphatic rings. The molecule has 3 rings (SSSR count). The summed E-state index contributed by atoms with van der Waals surface area (Å²) in [5.41, 5.74) is 0.337. The zero-order chi connectivity index (χ0) is 12.7. The Kier molecular flexibility index (Phi) is 3.21.